The van der Waals surface area contributed by atoms with Gasteiger partial charge >= 0.3 is 6.18 Å². The minimum absolute atomic E-state index is 0.0631. The first kappa shape index (κ1) is 14.8. The summed E-state index contributed by atoms with van der Waals surface area (Å²) in [5.41, 5.74) is -0.951. The lowest BCUT2D eigenvalue weighted by molar-refractivity contribution is -0.137. The van der Waals surface area contributed by atoms with E-state index in [0.29, 0.717) is 5.56 Å². The molecule has 2 rings (SSSR count). The van der Waals surface area contributed by atoms with Crippen LogP contribution >= 0.6 is 11.6 Å². The number of alkyl halides is 4. The van der Waals surface area contributed by atoms with Crippen LogP contribution in [0, 0.1) is 11.6 Å². The van der Waals surface area contributed by atoms with Crippen LogP contribution in [0.4, 0.5) is 22.0 Å². The van der Waals surface area contributed by atoms with Gasteiger partial charge in [-0.3, -0.25) is 0 Å². The van der Waals surface area contributed by atoms with E-state index in [1.54, 1.807) is 0 Å². The van der Waals surface area contributed by atoms with Crippen LogP contribution in [-0.4, -0.2) is 0 Å². The molecule has 0 unspecified atom stereocenters. The first-order chi connectivity index (χ1) is 9.34. The van der Waals surface area contributed by atoms with Gasteiger partial charge in [0.15, 0.2) is 11.6 Å². The molecule has 0 amide bonds. The summed E-state index contributed by atoms with van der Waals surface area (Å²) in [7, 11) is 0. The zero-order valence-electron chi connectivity index (χ0n) is 9.94. The summed E-state index contributed by atoms with van der Waals surface area (Å²) in [4.78, 5) is 0. The van der Waals surface area contributed by atoms with Crippen LogP contribution in [-0.2, 0) is 12.1 Å². The smallest absolute Gasteiger partial charge is 0.204 e. The van der Waals surface area contributed by atoms with E-state index in [2.05, 4.69) is 0 Å². The molecule has 0 aliphatic heterocycles. The fourth-order valence-corrected chi connectivity index (χ4v) is 2.06. The minimum Gasteiger partial charge on any atom is -0.204 e. The lowest BCUT2D eigenvalue weighted by Crippen LogP contribution is -2.06. The Labute approximate surface area is 116 Å². The Morgan fingerprint density at radius 3 is 2.25 bits per heavy atom. The van der Waals surface area contributed by atoms with Crippen molar-refractivity contribution in [3.63, 3.8) is 0 Å². The van der Waals surface area contributed by atoms with Gasteiger partial charge < -0.3 is 0 Å². The van der Waals surface area contributed by atoms with E-state index in [0.717, 1.165) is 24.3 Å². The predicted octanol–water partition coefficient (Wildman–Crippen LogP) is 5.39. The molecule has 2 aromatic rings. The lowest BCUT2D eigenvalue weighted by atomic mass is 9.97. The van der Waals surface area contributed by atoms with Gasteiger partial charge in [0.25, 0.3) is 0 Å². The van der Waals surface area contributed by atoms with Crippen molar-refractivity contribution >= 4 is 11.6 Å². The number of benzene rings is 2. The highest BCUT2D eigenvalue weighted by Crippen LogP contribution is 2.35. The van der Waals surface area contributed by atoms with Gasteiger partial charge in [-0.25, -0.2) is 8.78 Å². The van der Waals surface area contributed by atoms with Crippen LogP contribution in [0.25, 0.3) is 11.1 Å². The van der Waals surface area contributed by atoms with Gasteiger partial charge in [-0.15, -0.1) is 11.6 Å². The van der Waals surface area contributed by atoms with E-state index in [-0.39, 0.29) is 17.0 Å². The number of halogens is 6. The second kappa shape index (κ2) is 5.40. The molecule has 0 atom stereocenters. The Hall–Kier alpha value is -1.62. The van der Waals surface area contributed by atoms with Crippen LogP contribution in [0.15, 0.2) is 36.4 Å². The molecule has 0 radical (unpaired) electrons. The second-order valence-electron chi connectivity index (χ2n) is 4.10. The molecule has 0 bridgehead atoms. The van der Waals surface area contributed by atoms with Crippen molar-refractivity contribution in [1.82, 2.24) is 0 Å². The van der Waals surface area contributed by atoms with E-state index >= 15 is 0 Å². The summed E-state index contributed by atoms with van der Waals surface area (Å²) >= 11 is 5.64. The zero-order valence-corrected chi connectivity index (χ0v) is 10.7. The van der Waals surface area contributed by atoms with Crippen molar-refractivity contribution < 1.29 is 22.0 Å². The molecule has 106 valence electrons. The Bertz CT molecular complexity index is 634. The highest BCUT2D eigenvalue weighted by atomic mass is 35.5. The van der Waals surface area contributed by atoms with Crippen molar-refractivity contribution in [2.75, 3.05) is 0 Å². The molecule has 0 aliphatic rings. The number of hydrogen-bond acceptors (Lipinski definition) is 0. The molecule has 0 fully saturated rings. The maximum Gasteiger partial charge on any atom is 0.416 e. The third-order valence-electron chi connectivity index (χ3n) is 2.82. The molecular formula is C14H8ClF5. The normalized spacial score (nSPS) is 11.7. The molecule has 0 aromatic heterocycles. The monoisotopic (exact) mass is 306 g/mol. The van der Waals surface area contributed by atoms with Crippen LogP contribution in [0.1, 0.15) is 11.1 Å². The van der Waals surface area contributed by atoms with Crippen molar-refractivity contribution in [2.45, 2.75) is 12.1 Å². The van der Waals surface area contributed by atoms with Gasteiger partial charge in [-0.2, -0.15) is 13.2 Å². The van der Waals surface area contributed by atoms with Crippen molar-refractivity contribution in [2.24, 2.45) is 0 Å². The van der Waals surface area contributed by atoms with Crippen LogP contribution < -0.4 is 0 Å². The predicted molar refractivity (Wildman–Crippen MR) is 66.4 cm³/mol. The molecule has 0 aliphatic carbocycles. The van der Waals surface area contributed by atoms with E-state index in [1.807, 2.05) is 0 Å². The van der Waals surface area contributed by atoms with Crippen LogP contribution in [0.2, 0.25) is 0 Å². The second-order valence-corrected chi connectivity index (χ2v) is 4.37. The topological polar surface area (TPSA) is 0 Å². The molecule has 0 heterocycles. The Morgan fingerprint density at radius 1 is 0.950 bits per heavy atom. The maximum absolute atomic E-state index is 13.7. The van der Waals surface area contributed by atoms with Crippen molar-refractivity contribution in [1.29, 1.82) is 0 Å². The highest BCUT2D eigenvalue weighted by molar-refractivity contribution is 6.17. The van der Waals surface area contributed by atoms with E-state index < -0.39 is 23.4 Å². The molecule has 0 saturated carbocycles. The largest absolute Gasteiger partial charge is 0.416 e. The van der Waals surface area contributed by atoms with Gasteiger partial charge in [0.1, 0.15) is 0 Å². The molecule has 2 aromatic carbocycles. The summed E-state index contributed by atoms with van der Waals surface area (Å²) in [6.45, 7) is 0. The van der Waals surface area contributed by atoms with Crippen molar-refractivity contribution in [3.8, 4) is 11.1 Å². The van der Waals surface area contributed by atoms with Gasteiger partial charge in [-0.05, 0) is 29.3 Å². The Balaban J connectivity index is 2.68. The quantitative estimate of drug-likeness (QED) is 0.515. The summed E-state index contributed by atoms with van der Waals surface area (Å²) in [6.07, 6.45) is -4.57. The first-order valence-corrected chi connectivity index (χ1v) is 6.08. The molecule has 0 N–H and O–H groups in total. The summed E-state index contributed by atoms with van der Waals surface area (Å²) < 4.78 is 65.0. The van der Waals surface area contributed by atoms with Gasteiger partial charge in [-0.1, -0.05) is 18.2 Å². The van der Waals surface area contributed by atoms with Gasteiger partial charge in [0.2, 0.25) is 0 Å². The summed E-state index contributed by atoms with van der Waals surface area (Å²) in [6, 6.07) is 6.13. The molecular weight excluding hydrogens is 299 g/mol. The molecule has 0 spiro atoms. The third kappa shape index (κ3) is 2.77. The fraction of sp³-hybridized carbons (Fsp3) is 0.143. The van der Waals surface area contributed by atoms with E-state index in [1.165, 1.54) is 12.1 Å². The minimum atomic E-state index is -4.57. The first-order valence-electron chi connectivity index (χ1n) is 5.55. The average Bonchev–Trinajstić information content (AvgIpc) is 2.40. The fourth-order valence-electron chi connectivity index (χ4n) is 1.83. The Kier molecular flexibility index (Phi) is 3.99. The molecule has 0 nitrogen and oxygen atoms in total. The standard InChI is InChI=1S/C14H8ClF5/c15-7-8-4-5-9(14(18,19)20)6-11(8)10-2-1-3-12(16)13(10)17/h1-6H,7H2. The SMILES string of the molecule is Fc1cccc(-c2cc(C(F)(F)F)ccc2CCl)c1F. The van der Waals surface area contributed by atoms with Gasteiger partial charge in [0, 0.05) is 11.4 Å². The van der Waals surface area contributed by atoms with E-state index in [4.69, 9.17) is 11.6 Å². The van der Waals surface area contributed by atoms with Crippen LogP contribution in [0.5, 0.6) is 0 Å². The summed E-state index contributed by atoms with van der Waals surface area (Å²) in [5.74, 6) is -2.43. The highest BCUT2D eigenvalue weighted by Gasteiger charge is 2.31. The maximum atomic E-state index is 13.7. The zero-order chi connectivity index (χ0) is 14.9. The number of rotatable bonds is 2. The summed E-state index contributed by atoms with van der Waals surface area (Å²) in [5, 5.41) is 0. The van der Waals surface area contributed by atoms with Crippen LogP contribution in [0.3, 0.4) is 0 Å². The lowest BCUT2D eigenvalue weighted by Gasteiger charge is -2.13. The molecule has 0 saturated heterocycles. The average molecular weight is 307 g/mol. The van der Waals surface area contributed by atoms with E-state index in [9.17, 15) is 22.0 Å². The third-order valence-corrected chi connectivity index (χ3v) is 3.11. The molecule has 20 heavy (non-hydrogen) atoms. The Morgan fingerprint density at radius 2 is 1.65 bits per heavy atom. The van der Waals surface area contributed by atoms with Gasteiger partial charge in [0.05, 0.1) is 5.56 Å². The van der Waals surface area contributed by atoms with Crippen molar-refractivity contribution in [3.05, 3.63) is 59.2 Å². The molecule has 6 heteroatoms. The number of hydrogen-bond donors (Lipinski definition) is 0.